The highest BCUT2D eigenvalue weighted by molar-refractivity contribution is 9.10. The van der Waals surface area contributed by atoms with E-state index < -0.39 is 5.97 Å². The van der Waals surface area contributed by atoms with Crippen LogP contribution in [0.2, 0.25) is 0 Å². The van der Waals surface area contributed by atoms with Gasteiger partial charge >= 0.3 is 5.97 Å². The molecular formula is C12H12BrN3O2S. The summed E-state index contributed by atoms with van der Waals surface area (Å²) in [4.78, 5) is 16.0. The largest absolute Gasteiger partial charge is 0.465 e. The van der Waals surface area contributed by atoms with E-state index in [1.165, 1.54) is 18.9 Å². The van der Waals surface area contributed by atoms with Gasteiger partial charge in [-0.15, -0.1) is 0 Å². The molecular weight excluding hydrogens is 330 g/mol. The topological polar surface area (TPSA) is 74.5 Å². The van der Waals surface area contributed by atoms with Crippen LogP contribution in [-0.2, 0) is 4.74 Å². The van der Waals surface area contributed by atoms with Crippen molar-refractivity contribution < 1.29 is 9.53 Å². The SMILES string of the molecule is COC(=O)c1cc(Br)c(C)cc1N=C(NC#N)SC. The summed E-state index contributed by atoms with van der Waals surface area (Å²) in [6.45, 7) is 1.89. The highest BCUT2D eigenvalue weighted by atomic mass is 79.9. The van der Waals surface area contributed by atoms with Crippen LogP contribution in [0.25, 0.3) is 0 Å². The fraction of sp³-hybridized carbons (Fsp3) is 0.250. The van der Waals surface area contributed by atoms with Gasteiger partial charge in [-0.25, -0.2) is 9.79 Å². The molecule has 0 atom stereocenters. The number of hydrogen-bond acceptors (Lipinski definition) is 5. The van der Waals surface area contributed by atoms with Gasteiger partial charge in [-0.1, -0.05) is 27.7 Å². The van der Waals surface area contributed by atoms with E-state index in [4.69, 9.17) is 10.00 Å². The smallest absolute Gasteiger partial charge is 0.340 e. The Morgan fingerprint density at radius 2 is 2.26 bits per heavy atom. The van der Waals surface area contributed by atoms with Gasteiger partial charge in [0.05, 0.1) is 18.4 Å². The van der Waals surface area contributed by atoms with Crippen molar-refractivity contribution in [2.45, 2.75) is 6.92 Å². The molecule has 19 heavy (non-hydrogen) atoms. The average Bonchev–Trinajstić information content (AvgIpc) is 2.41. The van der Waals surface area contributed by atoms with Crippen LogP contribution in [0.15, 0.2) is 21.6 Å². The summed E-state index contributed by atoms with van der Waals surface area (Å²) < 4.78 is 5.52. The lowest BCUT2D eigenvalue weighted by Gasteiger charge is -2.08. The molecule has 0 fully saturated rings. The van der Waals surface area contributed by atoms with E-state index in [1.807, 2.05) is 6.92 Å². The summed E-state index contributed by atoms with van der Waals surface area (Å²) in [5.74, 6) is -0.475. The second-order valence-electron chi connectivity index (χ2n) is 3.47. The molecule has 0 unspecified atom stereocenters. The Morgan fingerprint density at radius 3 is 2.79 bits per heavy atom. The van der Waals surface area contributed by atoms with Crippen LogP contribution in [-0.4, -0.2) is 24.5 Å². The van der Waals surface area contributed by atoms with Crippen molar-refractivity contribution in [1.82, 2.24) is 5.32 Å². The summed E-state index contributed by atoms with van der Waals surface area (Å²) >= 11 is 4.64. The predicted molar refractivity (Wildman–Crippen MR) is 79.6 cm³/mol. The lowest BCUT2D eigenvalue weighted by Crippen LogP contribution is -2.13. The number of nitrogens with one attached hydrogen (secondary N) is 1. The van der Waals surface area contributed by atoms with E-state index in [-0.39, 0.29) is 0 Å². The number of ether oxygens (including phenoxy) is 1. The Kier molecular flexibility index (Phi) is 5.86. The first-order valence-corrected chi connectivity index (χ1v) is 7.21. The zero-order valence-electron chi connectivity index (χ0n) is 10.7. The quantitative estimate of drug-likeness (QED) is 0.294. The molecule has 0 amide bonds. The molecule has 0 aliphatic carbocycles. The lowest BCUT2D eigenvalue weighted by molar-refractivity contribution is 0.0601. The van der Waals surface area contributed by atoms with Crippen molar-refractivity contribution in [2.24, 2.45) is 4.99 Å². The molecule has 7 heteroatoms. The molecule has 0 heterocycles. The number of hydrogen-bond donors (Lipinski definition) is 1. The van der Waals surface area contributed by atoms with Gasteiger partial charge in [-0.2, -0.15) is 5.26 Å². The molecule has 0 saturated carbocycles. The molecule has 0 radical (unpaired) electrons. The third kappa shape index (κ3) is 3.98. The fourth-order valence-corrected chi connectivity index (χ4v) is 1.99. The number of aliphatic imine (C=N–C) groups is 1. The molecule has 0 spiro atoms. The summed E-state index contributed by atoms with van der Waals surface area (Å²) in [6.07, 6.45) is 3.59. The number of amidine groups is 1. The minimum Gasteiger partial charge on any atom is -0.465 e. The summed E-state index contributed by atoms with van der Waals surface area (Å²) in [5, 5.41) is 11.5. The predicted octanol–water partition coefficient (Wildman–Crippen LogP) is 2.97. The molecule has 5 nitrogen and oxygen atoms in total. The van der Waals surface area contributed by atoms with E-state index in [2.05, 4.69) is 26.2 Å². The first-order valence-electron chi connectivity index (χ1n) is 5.19. The number of aryl methyl sites for hydroxylation is 1. The minimum atomic E-state index is -0.475. The normalized spacial score (nSPS) is 10.8. The van der Waals surface area contributed by atoms with E-state index in [0.717, 1.165) is 10.0 Å². The molecule has 1 N–H and O–H groups in total. The first kappa shape index (κ1) is 15.5. The summed E-state index contributed by atoms with van der Waals surface area (Å²) in [7, 11) is 1.31. The number of nitrogens with zero attached hydrogens (tertiary/aromatic N) is 2. The number of esters is 1. The Morgan fingerprint density at radius 1 is 1.58 bits per heavy atom. The van der Waals surface area contributed by atoms with Crippen molar-refractivity contribution in [3.05, 3.63) is 27.7 Å². The second-order valence-corrected chi connectivity index (χ2v) is 5.12. The number of halogens is 1. The van der Waals surface area contributed by atoms with E-state index >= 15 is 0 Å². The summed E-state index contributed by atoms with van der Waals surface area (Å²) in [6, 6.07) is 3.41. The third-order valence-electron chi connectivity index (χ3n) is 2.26. The van der Waals surface area contributed by atoms with Crippen molar-refractivity contribution in [3.63, 3.8) is 0 Å². The van der Waals surface area contributed by atoms with Gasteiger partial charge < -0.3 is 4.74 Å². The van der Waals surface area contributed by atoms with Gasteiger partial charge in [0.1, 0.15) is 0 Å². The van der Waals surface area contributed by atoms with Crippen LogP contribution in [0.5, 0.6) is 0 Å². The molecule has 0 aliphatic heterocycles. The molecule has 0 saturated heterocycles. The van der Waals surface area contributed by atoms with Crippen LogP contribution in [0.4, 0.5) is 5.69 Å². The third-order valence-corrected chi connectivity index (χ3v) is 3.69. The van der Waals surface area contributed by atoms with Crippen LogP contribution in [0, 0.1) is 18.4 Å². The highest BCUT2D eigenvalue weighted by Crippen LogP contribution is 2.28. The first-order chi connectivity index (χ1) is 9.03. The van der Waals surface area contributed by atoms with Crippen LogP contribution in [0.3, 0.4) is 0 Å². The Balaban J connectivity index is 3.36. The fourth-order valence-electron chi connectivity index (χ4n) is 1.31. The van der Waals surface area contributed by atoms with Gasteiger partial charge in [0.15, 0.2) is 11.4 Å². The molecule has 0 bridgehead atoms. The maximum absolute atomic E-state index is 11.7. The number of carbonyl (C=O) groups excluding carboxylic acids is 1. The van der Waals surface area contributed by atoms with Crippen LogP contribution >= 0.6 is 27.7 Å². The van der Waals surface area contributed by atoms with E-state index in [0.29, 0.717) is 16.4 Å². The van der Waals surface area contributed by atoms with Gasteiger partial charge in [-0.3, -0.25) is 5.32 Å². The number of methoxy groups -OCH3 is 1. The van der Waals surface area contributed by atoms with Crippen molar-refractivity contribution in [1.29, 1.82) is 5.26 Å². The highest BCUT2D eigenvalue weighted by Gasteiger charge is 2.14. The van der Waals surface area contributed by atoms with Gasteiger partial charge in [0.2, 0.25) is 0 Å². The maximum atomic E-state index is 11.7. The average molecular weight is 342 g/mol. The number of thioether (sulfide) groups is 1. The monoisotopic (exact) mass is 341 g/mol. The number of rotatable bonds is 2. The van der Waals surface area contributed by atoms with Crippen LogP contribution < -0.4 is 5.32 Å². The van der Waals surface area contributed by atoms with Crippen molar-refractivity contribution >= 4 is 44.5 Å². The molecule has 0 aliphatic rings. The zero-order chi connectivity index (χ0) is 14.4. The Hall–Kier alpha value is -1.52. The standard InChI is InChI=1S/C12H12BrN3O2S/c1-7-4-10(16-12(19-3)15-6-14)8(5-9(7)13)11(17)18-2/h4-5H,1-3H3,(H,15,16). The van der Waals surface area contributed by atoms with E-state index in [1.54, 1.807) is 24.6 Å². The lowest BCUT2D eigenvalue weighted by atomic mass is 10.1. The molecule has 0 aromatic heterocycles. The molecule has 100 valence electrons. The minimum absolute atomic E-state index is 0.339. The number of benzene rings is 1. The molecule has 1 aromatic rings. The summed E-state index contributed by atoms with van der Waals surface area (Å²) in [5.41, 5.74) is 1.73. The zero-order valence-corrected chi connectivity index (χ0v) is 13.1. The Labute approximate surface area is 124 Å². The molecule has 1 rings (SSSR count). The van der Waals surface area contributed by atoms with E-state index in [9.17, 15) is 4.79 Å². The molecule has 1 aromatic carbocycles. The van der Waals surface area contributed by atoms with Gasteiger partial charge in [0.25, 0.3) is 0 Å². The number of nitriles is 1. The number of carbonyl (C=O) groups is 1. The van der Waals surface area contributed by atoms with Gasteiger partial charge in [0, 0.05) is 4.47 Å². The van der Waals surface area contributed by atoms with Crippen LogP contribution in [0.1, 0.15) is 15.9 Å². The van der Waals surface area contributed by atoms with Crippen molar-refractivity contribution in [2.75, 3.05) is 13.4 Å². The Bertz CT molecular complexity index is 567. The van der Waals surface area contributed by atoms with Gasteiger partial charge in [-0.05, 0) is 30.9 Å². The maximum Gasteiger partial charge on any atom is 0.340 e. The second kappa shape index (κ2) is 7.16. The van der Waals surface area contributed by atoms with Crippen molar-refractivity contribution in [3.8, 4) is 6.19 Å².